The minimum Gasteiger partial charge on any atom is -0.268 e. The van der Waals surface area contributed by atoms with Crippen LogP contribution in [-0.2, 0) is 0 Å². The molecule has 0 unspecified atom stereocenters. The first-order chi connectivity index (χ1) is 4.33. The molecule has 0 aliphatic rings. The molecule has 1 N–H and O–H groups in total. The molecule has 0 radical (unpaired) electrons. The molecule has 0 aromatic carbocycles. The lowest BCUT2D eigenvalue weighted by Gasteiger charge is -1.87. The van der Waals surface area contributed by atoms with E-state index in [4.69, 9.17) is 0 Å². The van der Waals surface area contributed by atoms with Crippen LogP contribution in [-0.4, -0.2) is 10.2 Å². The van der Waals surface area contributed by atoms with E-state index in [2.05, 4.69) is 21.9 Å². The highest BCUT2D eigenvalue weighted by Gasteiger charge is 1.88. The first kappa shape index (κ1) is 6.70. The lowest BCUT2D eigenvalue weighted by Crippen LogP contribution is -2.04. The van der Waals surface area contributed by atoms with Crippen LogP contribution < -0.4 is 5.56 Å². The third-order valence-corrected chi connectivity index (χ3v) is 1.81. The Balaban J connectivity index is 3.08. The molecule has 1 rings (SSSR count). The average molecular weight is 160 g/mol. The molecule has 9 heavy (non-hydrogen) atoms. The van der Waals surface area contributed by atoms with Crippen LogP contribution >= 0.6 is 22.5 Å². The van der Waals surface area contributed by atoms with Crippen molar-refractivity contribution in [1.29, 1.82) is 0 Å². The third kappa shape index (κ3) is 1.76. The Kier molecular flexibility index (Phi) is 2.18. The number of thiol groups is 1. The average Bonchev–Trinajstić information content (AvgIpc) is 1.88. The van der Waals surface area contributed by atoms with Crippen LogP contribution in [0.1, 0.15) is 0 Å². The van der Waals surface area contributed by atoms with Gasteiger partial charge in [0.2, 0.25) is 0 Å². The number of nitrogens with one attached hydrogen (secondary N) is 1. The summed E-state index contributed by atoms with van der Waals surface area (Å²) in [5, 5.41) is 5.80. The molecule has 0 atom stereocenters. The zero-order valence-electron chi connectivity index (χ0n) is 4.37. The first-order valence-corrected chi connectivity index (χ1v) is 4.06. The number of H-pyrrole nitrogens is 1. The van der Waals surface area contributed by atoms with E-state index in [9.17, 15) is 4.79 Å². The Morgan fingerprint density at radius 2 is 2.56 bits per heavy atom. The van der Waals surface area contributed by atoms with Crippen molar-refractivity contribution in [3.05, 3.63) is 22.6 Å². The topological polar surface area (TPSA) is 45.8 Å². The highest BCUT2D eigenvalue weighted by Crippen LogP contribution is 2.16. The highest BCUT2D eigenvalue weighted by molar-refractivity contribution is 8.68. The van der Waals surface area contributed by atoms with Crippen LogP contribution in [0.25, 0.3) is 0 Å². The fraction of sp³-hybridized carbons (Fsp3) is 0. The molecule has 0 saturated carbocycles. The van der Waals surface area contributed by atoms with Crippen molar-refractivity contribution in [1.82, 2.24) is 10.2 Å². The SMILES string of the molecule is O=c1cc(SS)cn[nH]1. The Morgan fingerprint density at radius 1 is 1.78 bits per heavy atom. The molecule has 1 heterocycles. The largest absolute Gasteiger partial charge is 0.268 e. The van der Waals surface area contributed by atoms with Crippen molar-refractivity contribution in [3.63, 3.8) is 0 Å². The standard InChI is InChI=1S/C4H4N2OS2/c7-4-1-3(9-8)2-5-6-4/h1-2,8H,(H,6,7). The maximum Gasteiger partial charge on any atom is 0.265 e. The van der Waals surface area contributed by atoms with Gasteiger partial charge < -0.3 is 0 Å². The molecular formula is C4H4N2OS2. The second kappa shape index (κ2) is 2.93. The van der Waals surface area contributed by atoms with E-state index < -0.39 is 0 Å². The third-order valence-electron chi connectivity index (χ3n) is 0.745. The van der Waals surface area contributed by atoms with Crippen molar-refractivity contribution in [2.75, 3.05) is 0 Å². The summed E-state index contributed by atoms with van der Waals surface area (Å²) in [6.07, 6.45) is 1.54. The van der Waals surface area contributed by atoms with Gasteiger partial charge in [-0.2, -0.15) is 5.10 Å². The lowest BCUT2D eigenvalue weighted by atomic mass is 10.6. The Morgan fingerprint density at radius 3 is 3.00 bits per heavy atom. The van der Waals surface area contributed by atoms with Gasteiger partial charge in [0.15, 0.2) is 0 Å². The van der Waals surface area contributed by atoms with Crippen molar-refractivity contribution in [3.8, 4) is 0 Å². The zero-order chi connectivity index (χ0) is 6.69. The molecule has 3 nitrogen and oxygen atoms in total. The summed E-state index contributed by atoms with van der Waals surface area (Å²) in [4.78, 5) is 11.2. The molecular weight excluding hydrogens is 156 g/mol. The van der Waals surface area contributed by atoms with Gasteiger partial charge in [-0.3, -0.25) is 4.79 Å². The first-order valence-electron chi connectivity index (χ1n) is 2.19. The number of nitrogens with zero attached hydrogens (tertiary/aromatic N) is 1. The van der Waals surface area contributed by atoms with Gasteiger partial charge in [0.1, 0.15) is 0 Å². The zero-order valence-corrected chi connectivity index (χ0v) is 6.08. The van der Waals surface area contributed by atoms with Gasteiger partial charge in [-0.1, -0.05) is 10.8 Å². The molecule has 1 aromatic heterocycles. The molecule has 0 aliphatic heterocycles. The second-order valence-electron chi connectivity index (χ2n) is 1.37. The summed E-state index contributed by atoms with van der Waals surface area (Å²) in [6.45, 7) is 0. The number of rotatable bonds is 1. The molecule has 0 amide bonds. The van der Waals surface area contributed by atoms with E-state index in [0.717, 1.165) is 4.90 Å². The molecule has 1 aromatic rings. The van der Waals surface area contributed by atoms with Crippen molar-refractivity contribution >= 4 is 22.5 Å². The van der Waals surface area contributed by atoms with E-state index >= 15 is 0 Å². The quantitative estimate of drug-likeness (QED) is 0.469. The normalized spacial score (nSPS) is 9.44. The monoisotopic (exact) mass is 160 g/mol. The molecule has 0 fully saturated rings. The van der Waals surface area contributed by atoms with Gasteiger partial charge in [0, 0.05) is 11.0 Å². The van der Waals surface area contributed by atoms with Gasteiger partial charge in [0.05, 0.1) is 6.20 Å². The Bertz CT molecular complexity index is 246. The van der Waals surface area contributed by atoms with Gasteiger partial charge in [-0.25, -0.2) is 5.10 Å². The number of hydrogen-bond donors (Lipinski definition) is 2. The maximum absolute atomic E-state index is 10.5. The van der Waals surface area contributed by atoms with Gasteiger partial charge >= 0.3 is 0 Å². The van der Waals surface area contributed by atoms with E-state index in [0.29, 0.717) is 0 Å². The molecule has 0 bridgehead atoms. The van der Waals surface area contributed by atoms with E-state index in [1.807, 2.05) is 0 Å². The second-order valence-corrected chi connectivity index (χ2v) is 2.57. The van der Waals surface area contributed by atoms with Crippen LogP contribution in [0.15, 0.2) is 22.0 Å². The van der Waals surface area contributed by atoms with E-state index in [-0.39, 0.29) is 5.56 Å². The number of aromatic amines is 1. The minimum absolute atomic E-state index is 0.200. The summed E-state index contributed by atoms with van der Waals surface area (Å²) in [6, 6.07) is 1.44. The van der Waals surface area contributed by atoms with Crippen molar-refractivity contribution < 1.29 is 0 Å². The molecule has 0 spiro atoms. The van der Waals surface area contributed by atoms with Crippen LogP contribution in [0.4, 0.5) is 0 Å². The fourth-order valence-electron chi connectivity index (χ4n) is 0.408. The number of hydrogen-bond acceptors (Lipinski definition) is 4. The van der Waals surface area contributed by atoms with Crippen LogP contribution in [0, 0.1) is 0 Å². The number of aromatic nitrogens is 2. The van der Waals surface area contributed by atoms with E-state index in [1.165, 1.54) is 16.9 Å². The van der Waals surface area contributed by atoms with Gasteiger partial charge in [-0.15, -0.1) is 11.7 Å². The maximum atomic E-state index is 10.5. The smallest absolute Gasteiger partial charge is 0.265 e. The van der Waals surface area contributed by atoms with Crippen LogP contribution in [0.2, 0.25) is 0 Å². The Labute approximate surface area is 60.7 Å². The highest BCUT2D eigenvalue weighted by atomic mass is 33.1. The summed E-state index contributed by atoms with van der Waals surface area (Å²) in [5.74, 6) is 0. The van der Waals surface area contributed by atoms with Gasteiger partial charge in [-0.05, 0) is 0 Å². The van der Waals surface area contributed by atoms with Crippen molar-refractivity contribution in [2.24, 2.45) is 0 Å². The van der Waals surface area contributed by atoms with Crippen molar-refractivity contribution in [2.45, 2.75) is 4.90 Å². The predicted octanol–water partition coefficient (Wildman–Crippen LogP) is 0.707. The molecule has 0 saturated heterocycles. The van der Waals surface area contributed by atoms with Crippen LogP contribution in [0.3, 0.4) is 0 Å². The van der Waals surface area contributed by atoms with Crippen LogP contribution in [0.5, 0.6) is 0 Å². The molecule has 48 valence electrons. The molecule has 5 heteroatoms. The predicted molar refractivity (Wildman–Crippen MR) is 39.7 cm³/mol. The summed E-state index contributed by atoms with van der Waals surface area (Å²) in [5.41, 5.74) is -0.200. The van der Waals surface area contributed by atoms with Gasteiger partial charge in [0.25, 0.3) is 5.56 Å². The fourth-order valence-corrected chi connectivity index (χ4v) is 0.967. The lowest BCUT2D eigenvalue weighted by molar-refractivity contribution is 0.957. The van der Waals surface area contributed by atoms with E-state index in [1.54, 1.807) is 6.20 Å². The summed E-state index contributed by atoms with van der Waals surface area (Å²) in [7, 11) is 1.19. The Hall–Kier alpha value is -0.420. The molecule has 0 aliphatic carbocycles. The summed E-state index contributed by atoms with van der Waals surface area (Å²) < 4.78 is 0. The minimum atomic E-state index is -0.200. The summed E-state index contributed by atoms with van der Waals surface area (Å²) >= 11 is 3.88.